The number of rotatable bonds is 6. The average Bonchev–Trinajstić information content (AvgIpc) is 2.39. The molecule has 0 radical (unpaired) electrons. The van der Waals surface area contributed by atoms with E-state index in [1.807, 2.05) is 13.8 Å². The molecule has 0 aromatic carbocycles. The molecule has 0 bridgehead atoms. The molecule has 0 aromatic rings. The minimum Gasteiger partial charge on any atom is -0.383 e. The summed E-state index contributed by atoms with van der Waals surface area (Å²) in [6, 6.07) is 2.32. The van der Waals surface area contributed by atoms with Crippen molar-refractivity contribution >= 4 is 5.91 Å². The second kappa shape index (κ2) is 7.43. The van der Waals surface area contributed by atoms with Crippen molar-refractivity contribution in [1.29, 1.82) is 5.26 Å². The standard InChI is InChI=1S/C13H24N4O2/c1-13(2,11-14)17-7-5-16(6-8-17)10-12(18)15-4-9-19-3/h4-10H2,1-3H3,(H,15,18). The quantitative estimate of drug-likeness (QED) is 0.668. The van der Waals surface area contributed by atoms with E-state index in [1.54, 1.807) is 7.11 Å². The molecule has 0 aromatic heterocycles. The van der Waals surface area contributed by atoms with E-state index in [-0.39, 0.29) is 5.91 Å². The van der Waals surface area contributed by atoms with Gasteiger partial charge in [-0.2, -0.15) is 5.26 Å². The summed E-state index contributed by atoms with van der Waals surface area (Å²) in [5, 5.41) is 11.9. The predicted octanol–water partition coefficient (Wildman–Crippen LogP) is -0.331. The van der Waals surface area contributed by atoms with Crippen LogP contribution in [0.5, 0.6) is 0 Å². The Hall–Kier alpha value is -1.16. The molecule has 1 aliphatic rings. The van der Waals surface area contributed by atoms with Crippen molar-refractivity contribution in [2.45, 2.75) is 19.4 Å². The first kappa shape index (κ1) is 15.9. The highest BCUT2D eigenvalue weighted by Crippen LogP contribution is 2.15. The number of carbonyl (C=O) groups is 1. The molecule has 1 amide bonds. The van der Waals surface area contributed by atoms with Crippen LogP contribution in [-0.2, 0) is 9.53 Å². The largest absolute Gasteiger partial charge is 0.383 e. The minimum atomic E-state index is -0.424. The number of ether oxygens (including phenoxy) is 1. The lowest BCUT2D eigenvalue weighted by Gasteiger charge is -2.40. The molecule has 6 nitrogen and oxygen atoms in total. The predicted molar refractivity (Wildman–Crippen MR) is 72.6 cm³/mol. The number of amides is 1. The van der Waals surface area contributed by atoms with Crippen LogP contribution in [-0.4, -0.2) is 74.2 Å². The first-order chi connectivity index (χ1) is 8.99. The second-order valence-corrected chi connectivity index (χ2v) is 5.28. The Labute approximate surface area is 115 Å². The maximum atomic E-state index is 11.6. The second-order valence-electron chi connectivity index (χ2n) is 5.28. The Morgan fingerprint density at radius 1 is 1.37 bits per heavy atom. The van der Waals surface area contributed by atoms with Gasteiger partial charge in [-0.05, 0) is 13.8 Å². The zero-order chi connectivity index (χ0) is 14.3. The molecule has 1 rings (SSSR count). The summed E-state index contributed by atoms with van der Waals surface area (Å²) in [4.78, 5) is 15.9. The summed E-state index contributed by atoms with van der Waals surface area (Å²) >= 11 is 0. The molecule has 108 valence electrons. The average molecular weight is 268 g/mol. The van der Waals surface area contributed by atoms with Gasteiger partial charge in [0.05, 0.1) is 19.2 Å². The number of nitriles is 1. The maximum absolute atomic E-state index is 11.6. The topological polar surface area (TPSA) is 68.6 Å². The van der Waals surface area contributed by atoms with Crippen molar-refractivity contribution in [3.63, 3.8) is 0 Å². The summed E-state index contributed by atoms with van der Waals surface area (Å²) in [7, 11) is 1.61. The number of nitrogens with one attached hydrogen (secondary N) is 1. The molecule has 1 saturated heterocycles. The number of methoxy groups -OCH3 is 1. The van der Waals surface area contributed by atoms with Gasteiger partial charge in [-0.25, -0.2) is 0 Å². The molecule has 1 N–H and O–H groups in total. The van der Waals surface area contributed by atoms with Gasteiger partial charge in [-0.1, -0.05) is 0 Å². The lowest BCUT2D eigenvalue weighted by Crippen LogP contribution is -2.55. The smallest absolute Gasteiger partial charge is 0.234 e. The fourth-order valence-electron chi connectivity index (χ4n) is 2.09. The van der Waals surface area contributed by atoms with Gasteiger partial charge < -0.3 is 10.1 Å². The molecule has 0 unspecified atom stereocenters. The minimum absolute atomic E-state index is 0.0324. The van der Waals surface area contributed by atoms with E-state index in [1.165, 1.54) is 0 Å². The van der Waals surface area contributed by atoms with Crippen molar-refractivity contribution in [1.82, 2.24) is 15.1 Å². The molecule has 0 saturated carbocycles. The van der Waals surface area contributed by atoms with E-state index in [9.17, 15) is 4.79 Å². The number of hydrogen-bond acceptors (Lipinski definition) is 5. The van der Waals surface area contributed by atoms with E-state index < -0.39 is 5.54 Å². The van der Waals surface area contributed by atoms with Gasteiger partial charge in [0.15, 0.2) is 0 Å². The Balaban J connectivity index is 2.27. The SMILES string of the molecule is COCCNC(=O)CN1CCN(C(C)(C)C#N)CC1. The molecule has 0 spiro atoms. The monoisotopic (exact) mass is 268 g/mol. The van der Waals surface area contributed by atoms with Crippen LogP contribution in [0.2, 0.25) is 0 Å². The van der Waals surface area contributed by atoms with Crippen LogP contribution in [0, 0.1) is 11.3 Å². The zero-order valence-corrected chi connectivity index (χ0v) is 12.1. The van der Waals surface area contributed by atoms with E-state index in [4.69, 9.17) is 10.00 Å². The number of carbonyl (C=O) groups excluding carboxylic acids is 1. The summed E-state index contributed by atoms with van der Waals surface area (Å²) < 4.78 is 4.88. The van der Waals surface area contributed by atoms with Crippen molar-refractivity contribution in [3.8, 4) is 6.07 Å². The summed E-state index contributed by atoms with van der Waals surface area (Å²) in [5.41, 5.74) is -0.424. The fraction of sp³-hybridized carbons (Fsp3) is 0.846. The lowest BCUT2D eigenvalue weighted by atomic mass is 10.0. The third kappa shape index (κ3) is 5.15. The molecule has 1 fully saturated rings. The van der Waals surface area contributed by atoms with E-state index in [2.05, 4.69) is 21.2 Å². The first-order valence-electron chi connectivity index (χ1n) is 6.64. The Morgan fingerprint density at radius 3 is 2.53 bits per heavy atom. The molecule has 1 aliphatic heterocycles. The van der Waals surface area contributed by atoms with Crippen LogP contribution in [0.25, 0.3) is 0 Å². The summed E-state index contributed by atoms with van der Waals surface area (Å²) in [6.45, 7) is 8.67. The van der Waals surface area contributed by atoms with Gasteiger partial charge in [0.1, 0.15) is 5.54 Å². The van der Waals surface area contributed by atoms with E-state index in [0.717, 1.165) is 26.2 Å². The number of nitrogens with zero attached hydrogens (tertiary/aromatic N) is 3. The van der Waals surface area contributed by atoms with Crippen molar-refractivity contribution in [2.75, 3.05) is 53.0 Å². The van der Waals surface area contributed by atoms with Crippen molar-refractivity contribution in [3.05, 3.63) is 0 Å². The van der Waals surface area contributed by atoms with Gasteiger partial charge >= 0.3 is 0 Å². The van der Waals surface area contributed by atoms with Crippen LogP contribution < -0.4 is 5.32 Å². The highest BCUT2D eigenvalue weighted by molar-refractivity contribution is 5.77. The van der Waals surface area contributed by atoms with Gasteiger partial charge in [0, 0.05) is 39.8 Å². The Bertz CT molecular complexity index is 330. The zero-order valence-electron chi connectivity index (χ0n) is 12.1. The van der Waals surface area contributed by atoms with Gasteiger partial charge in [0.2, 0.25) is 5.91 Å². The molecule has 19 heavy (non-hydrogen) atoms. The molecule has 0 aliphatic carbocycles. The summed E-state index contributed by atoms with van der Waals surface area (Å²) in [5.74, 6) is 0.0324. The molecular formula is C13H24N4O2. The van der Waals surface area contributed by atoms with Crippen LogP contribution in [0.3, 0.4) is 0 Å². The highest BCUT2D eigenvalue weighted by atomic mass is 16.5. The highest BCUT2D eigenvalue weighted by Gasteiger charge is 2.29. The van der Waals surface area contributed by atoms with Crippen molar-refractivity contribution in [2.24, 2.45) is 0 Å². The van der Waals surface area contributed by atoms with Crippen LogP contribution in [0.4, 0.5) is 0 Å². The van der Waals surface area contributed by atoms with Crippen LogP contribution >= 0.6 is 0 Å². The maximum Gasteiger partial charge on any atom is 0.234 e. The lowest BCUT2D eigenvalue weighted by molar-refractivity contribution is -0.123. The molecule has 1 heterocycles. The third-order valence-electron chi connectivity index (χ3n) is 3.43. The van der Waals surface area contributed by atoms with E-state index in [0.29, 0.717) is 19.7 Å². The van der Waals surface area contributed by atoms with Crippen LogP contribution in [0.1, 0.15) is 13.8 Å². The Morgan fingerprint density at radius 2 is 2.00 bits per heavy atom. The first-order valence-corrected chi connectivity index (χ1v) is 6.64. The molecule has 6 heteroatoms. The normalized spacial score (nSPS) is 18.0. The van der Waals surface area contributed by atoms with Gasteiger partial charge in [0.25, 0.3) is 0 Å². The van der Waals surface area contributed by atoms with Crippen molar-refractivity contribution < 1.29 is 9.53 Å². The fourth-order valence-corrected chi connectivity index (χ4v) is 2.09. The number of hydrogen-bond donors (Lipinski definition) is 1. The van der Waals surface area contributed by atoms with Gasteiger partial charge in [-0.15, -0.1) is 0 Å². The van der Waals surface area contributed by atoms with Gasteiger partial charge in [-0.3, -0.25) is 14.6 Å². The van der Waals surface area contributed by atoms with Crippen LogP contribution in [0.15, 0.2) is 0 Å². The summed E-state index contributed by atoms with van der Waals surface area (Å²) in [6.07, 6.45) is 0. The van der Waals surface area contributed by atoms with E-state index >= 15 is 0 Å². The third-order valence-corrected chi connectivity index (χ3v) is 3.43. The number of piperazine rings is 1. The molecular weight excluding hydrogens is 244 g/mol. The molecule has 0 atom stereocenters. The Kier molecular flexibility index (Phi) is 6.22.